The molecular weight excluding hydrogens is 378 g/mol. The number of nitrogens with one attached hydrogen (secondary N) is 1. The summed E-state index contributed by atoms with van der Waals surface area (Å²) in [6, 6.07) is 3.57. The molecule has 1 aromatic carbocycles. The summed E-state index contributed by atoms with van der Waals surface area (Å²) in [7, 11) is 3.07. The molecule has 0 heterocycles. The molecular formula is C17H22BrNO5. The van der Waals surface area contributed by atoms with Gasteiger partial charge in [-0.1, -0.05) is 15.9 Å². The molecule has 0 radical (unpaired) electrons. The van der Waals surface area contributed by atoms with E-state index in [1.165, 1.54) is 7.11 Å². The van der Waals surface area contributed by atoms with Crippen LogP contribution in [0.2, 0.25) is 0 Å². The Kier molecular flexibility index (Phi) is 6.48. The highest BCUT2D eigenvalue weighted by Gasteiger charge is 2.29. The van der Waals surface area contributed by atoms with Crippen molar-refractivity contribution in [3.05, 3.63) is 22.2 Å². The summed E-state index contributed by atoms with van der Waals surface area (Å²) in [4.78, 5) is 23.7. The third kappa shape index (κ3) is 5.12. The maximum absolute atomic E-state index is 12.0. The first-order valence-electron chi connectivity index (χ1n) is 7.80. The number of hydrogen-bond acceptors (Lipinski definition) is 5. The normalized spacial score (nSPS) is 14.7. The fourth-order valence-corrected chi connectivity index (χ4v) is 2.86. The monoisotopic (exact) mass is 399 g/mol. The van der Waals surface area contributed by atoms with Gasteiger partial charge in [0.1, 0.15) is 0 Å². The Bertz CT molecular complexity index is 615. The molecule has 1 fully saturated rings. The van der Waals surface area contributed by atoms with E-state index in [9.17, 15) is 9.59 Å². The fourth-order valence-electron chi connectivity index (χ4n) is 2.39. The number of benzene rings is 1. The zero-order valence-electron chi connectivity index (χ0n) is 14.1. The second-order valence-corrected chi connectivity index (χ2v) is 6.68. The van der Waals surface area contributed by atoms with Gasteiger partial charge in [0.2, 0.25) is 0 Å². The van der Waals surface area contributed by atoms with Crippen LogP contribution in [0.4, 0.5) is 0 Å². The number of rotatable bonds is 8. The number of amides is 1. The molecule has 0 spiro atoms. The smallest absolute Gasteiger partial charge is 0.310 e. The molecule has 1 saturated carbocycles. The number of carbonyl (C=O) groups is 2. The average molecular weight is 400 g/mol. The lowest BCUT2D eigenvalue weighted by molar-refractivity contribution is -0.148. The Labute approximate surface area is 150 Å². The van der Waals surface area contributed by atoms with Gasteiger partial charge in [-0.3, -0.25) is 9.59 Å². The minimum Gasteiger partial charge on any atom is -0.493 e. The van der Waals surface area contributed by atoms with E-state index >= 15 is 0 Å². The Balaban J connectivity index is 1.86. The molecule has 24 heavy (non-hydrogen) atoms. The van der Waals surface area contributed by atoms with Gasteiger partial charge >= 0.3 is 5.97 Å². The van der Waals surface area contributed by atoms with E-state index in [2.05, 4.69) is 21.2 Å². The molecule has 1 atom stereocenters. The van der Waals surface area contributed by atoms with Gasteiger partial charge in [-0.2, -0.15) is 0 Å². The van der Waals surface area contributed by atoms with Gasteiger partial charge < -0.3 is 19.5 Å². The van der Waals surface area contributed by atoms with E-state index < -0.39 is 5.97 Å². The van der Waals surface area contributed by atoms with Crippen LogP contribution in [0.1, 0.15) is 25.3 Å². The minimum atomic E-state index is -0.475. The first-order chi connectivity index (χ1) is 11.4. The van der Waals surface area contributed by atoms with E-state index in [1.807, 2.05) is 6.92 Å². The fraction of sp³-hybridized carbons (Fsp3) is 0.529. The SMILES string of the molecule is COc1cc(Br)c(CC(=O)OCC(=O)N[C@H](C)C2CC2)cc1OC. The summed E-state index contributed by atoms with van der Waals surface area (Å²) in [5, 5.41) is 2.84. The van der Waals surface area contributed by atoms with Crippen LogP contribution in [0, 0.1) is 5.92 Å². The van der Waals surface area contributed by atoms with Crippen LogP contribution in [0.3, 0.4) is 0 Å². The highest BCUT2D eigenvalue weighted by Crippen LogP contribution is 2.34. The quantitative estimate of drug-likeness (QED) is 0.679. The number of hydrogen-bond donors (Lipinski definition) is 1. The molecule has 0 aromatic heterocycles. The van der Waals surface area contributed by atoms with E-state index in [0.29, 0.717) is 27.5 Å². The van der Waals surface area contributed by atoms with Crippen molar-refractivity contribution in [3.63, 3.8) is 0 Å². The molecule has 1 aliphatic rings. The second kappa shape index (κ2) is 8.37. The standard InChI is InChI=1S/C17H22BrNO5/c1-10(11-4-5-11)19-16(20)9-24-17(21)7-12-6-14(22-2)15(23-3)8-13(12)18/h6,8,10-11H,4-5,7,9H2,1-3H3,(H,19,20)/t10-/m1/s1. The van der Waals surface area contributed by atoms with E-state index in [1.54, 1.807) is 19.2 Å². The molecule has 6 nitrogen and oxygen atoms in total. The van der Waals surface area contributed by atoms with Crippen LogP contribution >= 0.6 is 15.9 Å². The van der Waals surface area contributed by atoms with Crippen molar-refractivity contribution in [3.8, 4) is 11.5 Å². The second-order valence-electron chi connectivity index (χ2n) is 5.83. The summed E-state index contributed by atoms with van der Waals surface area (Å²) < 4.78 is 16.2. The largest absolute Gasteiger partial charge is 0.493 e. The maximum Gasteiger partial charge on any atom is 0.310 e. The third-order valence-electron chi connectivity index (χ3n) is 3.97. The summed E-state index contributed by atoms with van der Waals surface area (Å²) >= 11 is 3.39. The summed E-state index contributed by atoms with van der Waals surface area (Å²) in [6.07, 6.45) is 2.33. The Hall–Kier alpha value is -1.76. The van der Waals surface area contributed by atoms with Gasteiger partial charge in [0.05, 0.1) is 20.6 Å². The van der Waals surface area contributed by atoms with Crippen molar-refractivity contribution >= 4 is 27.8 Å². The summed E-state index contributed by atoms with van der Waals surface area (Å²) in [5.41, 5.74) is 0.699. The lowest BCUT2D eigenvalue weighted by atomic mass is 10.1. The van der Waals surface area contributed by atoms with Gasteiger partial charge in [-0.15, -0.1) is 0 Å². The van der Waals surface area contributed by atoms with Gasteiger partial charge in [0, 0.05) is 10.5 Å². The lowest BCUT2D eigenvalue weighted by Crippen LogP contribution is -2.37. The summed E-state index contributed by atoms with van der Waals surface area (Å²) in [6.45, 7) is 1.71. The zero-order valence-corrected chi connectivity index (χ0v) is 15.6. The van der Waals surface area contributed by atoms with Gasteiger partial charge in [-0.25, -0.2) is 0 Å². The number of methoxy groups -OCH3 is 2. The van der Waals surface area contributed by atoms with Crippen LogP contribution in [0.25, 0.3) is 0 Å². The average Bonchev–Trinajstić information content (AvgIpc) is 3.39. The van der Waals surface area contributed by atoms with Crippen molar-refractivity contribution in [2.75, 3.05) is 20.8 Å². The first kappa shape index (κ1) is 18.6. The highest BCUT2D eigenvalue weighted by atomic mass is 79.9. The number of ether oxygens (including phenoxy) is 3. The molecule has 1 N–H and O–H groups in total. The topological polar surface area (TPSA) is 73.9 Å². The third-order valence-corrected chi connectivity index (χ3v) is 4.71. The molecule has 2 rings (SSSR count). The molecule has 0 bridgehead atoms. The van der Waals surface area contributed by atoms with Gasteiger partial charge in [0.25, 0.3) is 5.91 Å². The van der Waals surface area contributed by atoms with Crippen LogP contribution in [-0.4, -0.2) is 38.7 Å². The van der Waals surface area contributed by atoms with E-state index in [-0.39, 0.29) is 25.0 Å². The van der Waals surface area contributed by atoms with Crippen molar-refractivity contribution in [2.45, 2.75) is 32.2 Å². The molecule has 132 valence electrons. The first-order valence-corrected chi connectivity index (χ1v) is 8.59. The molecule has 0 saturated heterocycles. The van der Waals surface area contributed by atoms with Crippen molar-refractivity contribution in [1.82, 2.24) is 5.32 Å². The highest BCUT2D eigenvalue weighted by molar-refractivity contribution is 9.10. The molecule has 1 aromatic rings. The Morgan fingerprint density at radius 1 is 1.25 bits per heavy atom. The van der Waals surface area contributed by atoms with E-state index in [4.69, 9.17) is 14.2 Å². The van der Waals surface area contributed by atoms with Crippen LogP contribution in [0.15, 0.2) is 16.6 Å². The van der Waals surface area contributed by atoms with Gasteiger partial charge in [-0.05, 0) is 43.4 Å². The Morgan fingerprint density at radius 2 is 1.88 bits per heavy atom. The van der Waals surface area contributed by atoms with E-state index in [0.717, 1.165) is 12.8 Å². The predicted molar refractivity (Wildman–Crippen MR) is 92.2 cm³/mol. The zero-order chi connectivity index (χ0) is 17.7. The van der Waals surface area contributed by atoms with Crippen molar-refractivity contribution < 1.29 is 23.8 Å². The molecule has 7 heteroatoms. The lowest BCUT2D eigenvalue weighted by Gasteiger charge is -2.13. The van der Waals surface area contributed by atoms with Crippen molar-refractivity contribution in [1.29, 1.82) is 0 Å². The number of halogens is 1. The predicted octanol–water partition coefficient (Wildman–Crippen LogP) is 2.47. The number of carbonyl (C=O) groups excluding carboxylic acids is 2. The van der Waals surface area contributed by atoms with Crippen LogP contribution < -0.4 is 14.8 Å². The summed E-state index contributed by atoms with van der Waals surface area (Å²) in [5.74, 6) is 0.910. The van der Waals surface area contributed by atoms with Crippen LogP contribution in [-0.2, 0) is 20.7 Å². The van der Waals surface area contributed by atoms with Gasteiger partial charge in [0.15, 0.2) is 18.1 Å². The Morgan fingerprint density at radius 3 is 2.46 bits per heavy atom. The number of esters is 1. The van der Waals surface area contributed by atoms with Crippen LogP contribution in [0.5, 0.6) is 11.5 Å². The molecule has 1 aliphatic carbocycles. The molecule has 1 amide bonds. The maximum atomic E-state index is 12.0. The molecule has 0 aliphatic heterocycles. The molecule has 0 unspecified atom stereocenters. The minimum absolute atomic E-state index is 0.0341. The van der Waals surface area contributed by atoms with Crippen molar-refractivity contribution in [2.24, 2.45) is 5.92 Å².